The van der Waals surface area contributed by atoms with Gasteiger partial charge in [0.1, 0.15) is 11.4 Å². The van der Waals surface area contributed by atoms with Gasteiger partial charge in [0.05, 0.1) is 29.1 Å². The van der Waals surface area contributed by atoms with Crippen LogP contribution in [0.1, 0.15) is 39.0 Å². The maximum Gasteiger partial charge on any atom is 0.339 e. The number of ketones is 1. The van der Waals surface area contributed by atoms with E-state index >= 15 is 0 Å². The smallest absolute Gasteiger partial charge is 0.339 e. The Bertz CT molecular complexity index is 992. The van der Waals surface area contributed by atoms with Crippen molar-refractivity contribution < 1.29 is 14.3 Å². The van der Waals surface area contributed by atoms with Crippen LogP contribution in [-0.2, 0) is 4.74 Å². The predicted molar refractivity (Wildman–Crippen MR) is 101 cm³/mol. The monoisotopic (exact) mass is 369 g/mol. The molecule has 3 aromatic rings. The number of aromatic nitrogens is 3. The zero-order valence-corrected chi connectivity index (χ0v) is 15.8. The second-order valence-electron chi connectivity index (χ2n) is 5.94. The molecule has 1 atom stereocenters. The Morgan fingerprint density at radius 2 is 1.92 bits per heavy atom. The number of hydrogen-bond acceptors (Lipinski definition) is 6. The number of thioether (sulfide) groups is 1. The minimum atomic E-state index is -0.447. The molecule has 2 aromatic heterocycles. The number of aryl methyl sites for hydroxylation is 1. The first kappa shape index (κ1) is 18.1. The number of carbonyl (C=O) groups excluding carboxylic acids is 2. The molecule has 0 radical (unpaired) electrons. The van der Waals surface area contributed by atoms with E-state index in [1.807, 2.05) is 31.2 Å². The molecule has 0 fully saturated rings. The highest BCUT2D eigenvalue weighted by Crippen LogP contribution is 2.30. The first-order valence-electron chi connectivity index (χ1n) is 8.12. The van der Waals surface area contributed by atoms with Crippen molar-refractivity contribution in [3.05, 3.63) is 53.1 Å². The third kappa shape index (κ3) is 3.22. The quantitative estimate of drug-likeness (QED) is 0.319. The lowest BCUT2D eigenvalue weighted by molar-refractivity contribution is 0.0599. The number of rotatable bonds is 5. The number of H-pyrrole nitrogens is 1. The van der Waals surface area contributed by atoms with Gasteiger partial charge in [-0.3, -0.25) is 4.79 Å². The van der Waals surface area contributed by atoms with Crippen molar-refractivity contribution in [3.63, 3.8) is 0 Å². The molecule has 0 aliphatic carbocycles. The first-order valence-corrected chi connectivity index (χ1v) is 9.00. The van der Waals surface area contributed by atoms with E-state index < -0.39 is 5.97 Å². The second kappa shape index (κ2) is 7.29. The Morgan fingerprint density at radius 1 is 1.19 bits per heavy atom. The van der Waals surface area contributed by atoms with Gasteiger partial charge in [-0.25, -0.2) is 14.8 Å². The van der Waals surface area contributed by atoms with Crippen LogP contribution in [0.3, 0.4) is 0 Å². The van der Waals surface area contributed by atoms with Gasteiger partial charge in [-0.15, -0.1) is 0 Å². The fraction of sp³-hybridized carbons (Fsp3) is 0.263. The Hall–Kier alpha value is -2.67. The van der Waals surface area contributed by atoms with Crippen molar-refractivity contribution in [2.45, 2.75) is 31.0 Å². The maximum atomic E-state index is 12.9. The van der Waals surface area contributed by atoms with Crippen LogP contribution in [0, 0.1) is 13.8 Å². The normalized spacial score (nSPS) is 12.2. The number of fused-ring (bicyclic) bond motifs is 1. The van der Waals surface area contributed by atoms with Crippen LogP contribution in [0.15, 0.2) is 35.6 Å². The molecule has 1 aromatic carbocycles. The summed E-state index contributed by atoms with van der Waals surface area (Å²) in [5, 5.41) is 1.29. The molecule has 0 aliphatic heterocycles. The predicted octanol–water partition coefficient (Wildman–Crippen LogP) is 3.72. The molecule has 0 amide bonds. The standard InChI is InChI=1S/C19H19N3O3S/c1-10-15(19(24)25-4)11(2)22-16(10)17(23)12(3)26-18-13-7-5-6-8-14(13)20-9-21-18/h5-9,12,22H,1-4H3/t12-/m0/s1. The SMILES string of the molecule is COC(=O)c1c(C)[nH]c(C(=O)[C@H](C)Sc2ncnc3ccccc23)c1C. The Morgan fingerprint density at radius 3 is 2.65 bits per heavy atom. The lowest BCUT2D eigenvalue weighted by Gasteiger charge is -2.11. The third-order valence-electron chi connectivity index (χ3n) is 4.24. The summed E-state index contributed by atoms with van der Waals surface area (Å²) in [5.41, 5.74) is 2.92. The van der Waals surface area contributed by atoms with Gasteiger partial charge in [-0.05, 0) is 32.4 Å². The molecule has 2 heterocycles. The average molecular weight is 369 g/mol. The van der Waals surface area contributed by atoms with Crippen LogP contribution in [-0.4, -0.2) is 39.1 Å². The number of hydrogen-bond donors (Lipinski definition) is 1. The minimum Gasteiger partial charge on any atom is -0.465 e. The Labute approximate surface area is 155 Å². The molecular formula is C19H19N3O3S. The fourth-order valence-electron chi connectivity index (χ4n) is 2.90. The number of para-hydroxylation sites is 1. The highest BCUT2D eigenvalue weighted by atomic mass is 32.2. The summed E-state index contributed by atoms with van der Waals surface area (Å²) in [4.78, 5) is 36.5. The van der Waals surface area contributed by atoms with Gasteiger partial charge in [-0.1, -0.05) is 30.0 Å². The number of methoxy groups -OCH3 is 1. The van der Waals surface area contributed by atoms with E-state index in [-0.39, 0.29) is 11.0 Å². The van der Waals surface area contributed by atoms with Gasteiger partial charge in [0.15, 0.2) is 5.78 Å². The van der Waals surface area contributed by atoms with Gasteiger partial charge >= 0.3 is 5.97 Å². The zero-order valence-electron chi connectivity index (χ0n) is 15.0. The summed E-state index contributed by atoms with van der Waals surface area (Å²) >= 11 is 1.38. The van der Waals surface area contributed by atoms with Crippen LogP contribution in [0.25, 0.3) is 10.9 Å². The van der Waals surface area contributed by atoms with Crippen LogP contribution in [0.2, 0.25) is 0 Å². The number of ether oxygens (including phenoxy) is 1. The average Bonchev–Trinajstić information content (AvgIpc) is 2.95. The summed E-state index contributed by atoms with van der Waals surface area (Å²) < 4.78 is 4.80. The van der Waals surface area contributed by atoms with Crippen molar-refractivity contribution in [2.24, 2.45) is 0 Å². The van der Waals surface area contributed by atoms with Crippen molar-refractivity contribution in [3.8, 4) is 0 Å². The van der Waals surface area contributed by atoms with E-state index in [1.165, 1.54) is 25.2 Å². The Kier molecular flexibility index (Phi) is 5.08. The zero-order chi connectivity index (χ0) is 18.8. The van der Waals surface area contributed by atoms with Gasteiger partial charge in [0.2, 0.25) is 0 Å². The molecular weight excluding hydrogens is 350 g/mol. The Balaban J connectivity index is 1.90. The van der Waals surface area contributed by atoms with Gasteiger partial charge in [-0.2, -0.15) is 0 Å². The number of aromatic amines is 1. The molecule has 134 valence electrons. The van der Waals surface area contributed by atoms with Gasteiger partial charge in [0.25, 0.3) is 0 Å². The van der Waals surface area contributed by atoms with Crippen molar-refractivity contribution in [1.29, 1.82) is 0 Å². The molecule has 0 bridgehead atoms. The lowest BCUT2D eigenvalue weighted by Crippen LogP contribution is -2.16. The fourth-order valence-corrected chi connectivity index (χ4v) is 3.87. The largest absolute Gasteiger partial charge is 0.465 e. The highest BCUT2D eigenvalue weighted by molar-refractivity contribution is 8.00. The number of esters is 1. The summed E-state index contributed by atoms with van der Waals surface area (Å²) in [7, 11) is 1.33. The number of benzene rings is 1. The summed E-state index contributed by atoms with van der Waals surface area (Å²) in [5.74, 6) is -0.536. The molecule has 6 nitrogen and oxygen atoms in total. The molecule has 0 spiro atoms. The van der Waals surface area contributed by atoms with Crippen molar-refractivity contribution >= 4 is 34.4 Å². The highest BCUT2D eigenvalue weighted by Gasteiger charge is 2.26. The van der Waals surface area contributed by atoms with E-state index in [0.29, 0.717) is 22.5 Å². The van der Waals surface area contributed by atoms with Crippen LogP contribution < -0.4 is 0 Å². The van der Waals surface area contributed by atoms with Crippen LogP contribution in [0.5, 0.6) is 0 Å². The number of Topliss-reactive ketones (excluding diaryl/α,β-unsaturated/α-hetero) is 1. The summed E-state index contributed by atoms with van der Waals surface area (Å²) in [6, 6.07) is 7.68. The van der Waals surface area contributed by atoms with Crippen LogP contribution >= 0.6 is 11.8 Å². The molecule has 3 rings (SSSR count). The van der Waals surface area contributed by atoms with E-state index in [9.17, 15) is 9.59 Å². The topological polar surface area (TPSA) is 84.9 Å². The van der Waals surface area contributed by atoms with Crippen molar-refractivity contribution in [2.75, 3.05) is 7.11 Å². The molecule has 0 unspecified atom stereocenters. The number of nitrogens with one attached hydrogen (secondary N) is 1. The van der Waals surface area contributed by atoms with Gasteiger partial charge in [0, 0.05) is 11.1 Å². The number of carbonyl (C=O) groups is 2. The molecule has 7 heteroatoms. The molecule has 1 N–H and O–H groups in total. The second-order valence-corrected chi connectivity index (χ2v) is 7.27. The number of nitrogens with zero attached hydrogens (tertiary/aromatic N) is 2. The first-order chi connectivity index (χ1) is 12.4. The molecule has 0 saturated carbocycles. The van der Waals surface area contributed by atoms with Crippen LogP contribution in [0.4, 0.5) is 0 Å². The molecule has 26 heavy (non-hydrogen) atoms. The van der Waals surface area contributed by atoms with Gasteiger partial charge < -0.3 is 9.72 Å². The molecule has 0 saturated heterocycles. The lowest BCUT2D eigenvalue weighted by atomic mass is 10.1. The minimum absolute atomic E-state index is 0.0894. The molecule has 0 aliphatic rings. The van der Waals surface area contributed by atoms with E-state index in [4.69, 9.17) is 4.74 Å². The summed E-state index contributed by atoms with van der Waals surface area (Å²) in [6.45, 7) is 5.34. The van der Waals surface area contributed by atoms with E-state index in [1.54, 1.807) is 13.8 Å². The van der Waals surface area contributed by atoms with Crippen molar-refractivity contribution in [1.82, 2.24) is 15.0 Å². The maximum absolute atomic E-state index is 12.9. The third-order valence-corrected chi connectivity index (χ3v) is 5.35. The van der Waals surface area contributed by atoms with E-state index in [2.05, 4.69) is 15.0 Å². The van der Waals surface area contributed by atoms with E-state index in [0.717, 1.165) is 15.9 Å². The summed E-state index contributed by atoms with van der Waals surface area (Å²) in [6.07, 6.45) is 1.50.